The molecule has 1 aliphatic heterocycles. The van der Waals surface area contributed by atoms with E-state index in [9.17, 15) is 4.79 Å². The number of allylic oxidation sites excluding steroid dienone is 2. The average Bonchev–Trinajstić information content (AvgIpc) is 2.06. The Morgan fingerprint density at radius 3 is 3.00 bits per heavy atom. The minimum absolute atomic E-state index is 0.0608. The highest BCUT2D eigenvalue weighted by Crippen LogP contribution is 2.15. The summed E-state index contributed by atoms with van der Waals surface area (Å²) in [5, 5.41) is 3.00. The van der Waals surface area contributed by atoms with Crippen LogP contribution in [0, 0.1) is 5.92 Å². The molecule has 3 heteroatoms. The van der Waals surface area contributed by atoms with Gasteiger partial charge in [-0.05, 0) is 0 Å². The summed E-state index contributed by atoms with van der Waals surface area (Å²) < 4.78 is 0. The van der Waals surface area contributed by atoms with Crippen LogP contribution < -0.4 is 5.32 Å². The van der Waals surface area contributed by atoms with Crippen LogP contribution in [0.15, 0.2) is 29.3 Å². The smallest absolute Gasteiger partial charge is 0.256 e. The van der Waals surface area contributed by atoms with Gasteiger partial charge in [0, 0.05) is 0 Å². The average molecular weight is 148 g/mol. The van der Waals surface area contributed by atoms with Crippen molar-refractivity contribution in [3.63, 3.8) is 0 Å². The number of carbonyl (C=O) groups is 1. The molecule has 2 atom stereocenters. The zero-order valence-electron chi connectivity index (χ0n) is 5.90. The second kappa shape index (κ2) is 2.34. The van der Waals surface area contributed by atoms with E-state index in [4.69, 9.17) is 0 Å². The van der Waals surface area contributed by atoms with Crippen molar-refractivity contribution >= 4 is 12.2 Å². The predicted molar refractivity (Wildman–Crippen MR) is 42.2 cm³/mol. The summed E-state index contributed by atoms with van der Waals surface area (Å²) in [6.07, 6.45) is 9.11. The molecule has 0 spiro atoms. The van der Waals surface area contributed by atoms with Gasteiger partial charge in [-0.25, -0.2) is 4.99 Å². The van der Waals surface area contributed by atoms with Gasteiger partial charge < -0.3 is 5.32 Å². The fourth-order valence-corrected chi connectivity index (χ4v) is 1.28. The van der Waals surface area contributed by atoms with Gasteiger partial charge in [0.15, 0.2) is 0 Å². The molecule has 2 rings (SSSR count). The molecule has 3 nitrogen and oxygen atoms in total. The van der Waals surface area contributed by atoms with E-state index >= 15 is 0 Å². The van der Waals surface area contributed by atoms with Crippen molar-refractivity contribution in [3.8, 4) is 0 Å². The molecule has 0 bridgehead atoms. The minimum atomic E-state index is -0.0926. The van der Waals surface area contributed by atoms with Crippen LogP contribution in [0.3, 0.4) is 0 Å². The number of hydrogen-bond donors (Lipinski definition) is 1. The first-order valence-electron chi connectivity index (χ1n) is 3.55. The summed E-state index contributed by atoms with van der Waals surface area (Å²) in [6.45, 7) is 0. The Balaban J connectivity index is 2.30. The second-order valence-corrected chi connectivity index (χ2v) is 2.58. The number of amides is 1. The summed E-state index contributed by atoms with van der Waals surface area (Å²) in [6, 6.07) is 0.116. The van der Waals surface area contributed by atoms with Crippen molar-refractivity contribution in [2.24, 2.45) is 10.9 Å². The normalized spacial score (nSPS) is 33.3. The van der Waals surface area contributed by atoms with Crippen molar-refractivity contribution in [2.45, 2.75) is 6.04 Å². The second-order valence-electron chi connectivity index (χ2n) is 2.58. The lowest BCUT2D eigenvalue weighted by Crippen LogP contribution is -2.41. The van der Waals surface area contributed by atoms with E-state index in [-0.39, 0.29) is 17.9 Å². The zero-order valence-corrected chi connectivity index (χ0v) is 5.90. The third-order valence-corrected chi connectivity index (χ3v) is 1.88. The number of nitrogens with one attached hydrogen (secondary N) is 1. The third kappa shape index (κ3) is 0.981. The van der Waals surface area contributed by atoms with Gasteiger partial charge in [0.25, 0.3) is 5.91 Å². The van der Waals surface area contributed by atoms with Crippen LogP contribution in [-0.2, 0) is 4.79 Å². The van der Waals surface area contributed by atoms with Crippen LogP contribution >= 0.6 is 0 Å². The molecule has 0 aromatic carbocycles. The maximum Gasteiger partial charge on any atom is 0.256 e. The van der Waals surface area contributed by atoms with E-state index in [2.05, 4.69) is 10.3 Å². The number of hydrogen-bond acceptors (Lipinski definition) is 2. The Hall–Kier alpha value is -1.38. The van der Waals surface area contributed by atoms with E-state index in [1.54, 1.807) is 0 Å². The molecule has 1 aliphatic carbocycles. The summed E-state index contributed by atoms with van der Waals surface area (Å²) in [4.78, 5) is 14.8. The number of nitrogens with zero attached hydrogens (tertiary/aromatic N) is 1. The Morgan fingerprint density at radius 1 is 1.36 bits per heavy atom. The first-order valence-corrected chi connectivity index (χ1v) is 3.55. The van der Waals surface area contributed by atoms with Crippen molar-refractivity contribution in [1.29, 1.82) is 0 Å². The molecule has 0 aromatic heterocycles. The summed E-state index contributed by atoms with van der Waals surface area (Å²) in [7, 11) is 0. The molecule has 1 amide bonds. The van der Waals surface area contributed by atoms with Crippen LogP contribution in [0.25, 0.3) is 0 Å². The maximum absolute atomic E-state index is 11.1. The summed E-state index contributed by atoms with van der Waals surface area (Å²) >= 11 is 0. The Bertz CT molecular complexity index is 265. The molecule has 11 heavy (non-hydrogen) atoms. The van der Waals surface area contributed by atoms with Gasteiger partial charge in [-0.2, -0.15) is 0 Å². The Kier molecular flexibility index (Phi) is 1.35. The highest BCUT2D eigenvalue weighted by Gasteiger charge is 2.26. The predicted octanol–water partition coefficient (Wildman–Crippen LogP) is 0.255. The molecule has 0 saturated heterocycles. The highest BCUT2D eigenvalue weighted by atomic mass is 16.1. The number of rotatable bonds is 0. The van der Waals surface area contributed by atoms with Crippen LogP contribution in [0.2, 0.25) is 0 Å². The van der Waals surface area contributed by atoms with Gasteiger partial charge in [0.05, 0.1) is 18.3 Å². The first kappa shape index (κ1) is 6.34. The first-order chi connectivity index (χ1) is 5.38. The van der Waals surface area contributed by atoms with Gasteiger partial charge >= 0.3 is 0 Å². The zero-order chi connectivity index (χ0) is 7.68. The van der Waals surface area contributed by atoms with E-state index in [0.717, 1.165) is 0 Å². The Labute approximate surface area is 64.5 Å². The van der Waals surface area contributed by atoms with E-state index in [0.29, 0.717) is 0 Å². The molecule has 0 aromatic rings. The van der Waals surface area contributed by atoms with Crippen molar-refractivity contribution in [2.75, 3.05) is 0 Å². The standard InChI is InChI=1S/C8H8N2O/c11-8-6-3-1-2-4-7(6)9-5-10-8/h1-7H,(H,9,10,11). The number of carbonyl (C=O) groups excluding carboxylic acids is 1. The van der Waals surface area contributed by atoms with Crippen LogP contribution in [0.4, 0.5) is 0 Å². The molecule has 0 saturated carbocycles. The van der Waals surface area contributed by atoms with Gasteiger partial charge in [-0.15, -0.1) is 0 Å². The molecule has 1 N–H and O–H groups in total. The lowest BCUT2D eigenvalue weighted by Gasteiger charge is -2.24. The quantitative estimate of drug-likeness (QED) is 0.535. The molecular formula is C8H8N2O. The van der Waals surface area contributed by atoms with Crippen LogP contribution in [0.5, 0.6) is 0 Å². The molecule has 2 aliphatic rings. The summed E-state index contributed by atoms with van der Waals surface area (Å²) in [5.41, 5.74) is 0. The lowest BCUT2D eigenvalue weighted by molar-refractivity contribution is -0.120. The van der Waals surface area contributed by atoms with E-state index in [1.165, 1.54) is 6.34 Å². The van der Waals surface area contributed by atoms with E-state index < -0.39 is 0 Å². The fraction of sp³-hybridized carbons (Fsp3) is 0.250. The maximum atomic E-state index is 11.1. The van der Waals surface area contributed by atoms with Crippen molar-refractivity contribution < 1.29 is 4.79 Å². The third-order valence-electron chi connectivity index (χ3n) is 1.88. The fourth-order valence-electron chi connectivity index (χ4n) is 1.28. The van der Waals surface area contributed by atoms with Gasteiger partial charge in [-0.3, -0.25) is 4.79 Å². The number of fused-ring (bicyclic) bond motifs is 1. The summed E-state index contributed by atoms with van der Waals surface area (Å²) in [5.74, 6) is -0.153. The largest absolute Gasteiger partial charge is 0.369 e. The molecule has 56 valence electrons. The monoisotopic (exact) mass is 148 g/mol. The van der Waals surface area contributed by atoms with Gasteiger partial charge in [0.2, 0.25) is 0 Å². The molecule has 0 radical (unpaired) electrons. The lowest BCUT2D eigenvalue weighted by atomic mass is 9.94. The number of aliphatic imine (C=N–C) groups is 1. The molecular weight excluding hydrogens is 140 g/mol. The topological polar surface area (TPSA) is 41.5 Å². The Morgan fingerprint density at radius 2 is 2.18 bits per heavy atom. The highest BCUT2D eigenvalue weighted by molar-refractivity contribution is 5.91. The van der Waals surface area contributed by atoms with E-state index in [1.807, 2.05) is 24.3 Å². The van der Waals surface area contributed by atoms with Gasteiger partial charge in [0.1, 0.15) is 0 Å². The SMILES string of the molecule is O=C1N=CNC2C=CC=CC12. The minimum Gasteiger partial charge on any atom is -0.369 e. The molecule has 0 fully saturated rings. The van der Waals surface area contributed by atoms with Crippen LogP contribution in [-0.4, -0.2) is 18.3 Å². The van der Waals surface area contributed by atoms with Crippen molar-refractivity contribution in [1.82, 2.24) is 5.32 Å². The van der Waals surface area contributed by atoms with Crippen LogP contribution in [0.1, 0.15) is 0 Å². The van der Waals surface area contributed by atoms with Gasteiger partial charge in [-0.1, -0.05) is 24.3 Å². The molecule has 2 unspecified atom stereocenters. The van der Waals surface area contributed by atoms with Crippen molar-refractivity contribution in [3.05, 3.63) is 24.3 Å². The molecule has 1 heterocycles.